The molecule has 11 heteroatoms. The Kier molecular flexibility index (Phi) is 6.94. The number of hydrogen-bond acceptors (Lipinski definition) is 8. The fraction of sp³-hybridized carbons (Fsp3) is 0.471. The lowest BCUT2D eigenvalue weighted by molar-refractivity contribution is -0.122. The summed E-state index contributed by atoms with van der Waals surface area (Å²) < 4.78 is 38.0. The lowest BCUT2D eigenvalue weighted by Gasteiger charge is -2.16. The number of ether oxygens (including phenoxy) is 2. The van der Waals surface area contributed by atoms with Crippen molar-refractivity contribution >= 4 is 32.4 Å². The topological polar surface area (TPSA) is 120 Å². The highest BCUT2D eigenvalue weighted by Crippen LogP contribution is 2.21. The van der Waals surface area contributed by atoms with Gasteiger partial charge in [0.25, 0.3) is 15.9 Å². The number of anilines is 1. The van der Waals surface area contributed by atoms with Crippen LogP contribution in [0.25, 0.3) is 0 Å². The average molecular weight is 427 g/mol. The largest absolute Gasteiger partial charge is 0.481 e. The van der Waals surface area contributed by atoms with Crippen LogP contribution in [0.2, 0.25) is 0 Å². The predicted octanol–water partition coefficient (Wildman–Crippen LogP) is 1.79. The normalized spacial score (nSPS) is 18.0. The molecule has 9 nitrogen and oxygen atoms in total. The monoisotopic (exact) mass is 426 g/mol. The molecule has 1 amide bonds. The van der Waals surface area contributed by atoms with Crippen molar-refractivity contribution in [2.24, 2.45) is 0 Å². The Bertz CT molecular complexity index is 882. The smallest absolute Gasteiger partial charge is 0.269 e. The van der Waals surface area contributed by atoms with E-state index in [-0.39, 0.29) is 22.1 Å². The standard InChI is InChI=1S/C17H22N4O5S2/c1-2-14(26-12-7-4-3-5-8-12)15(22)19-16-20-21-17(27-16)28(23,24)18-11-13-9-6-10-25-13/h3-5,7-8,13-14,18H,2,6,9-11H2,1H3,(H,19,20,22)/t13-,14+/m0/s1. The number of rotatable bonds is 9. The van der Waals surface area contributed by atoms with Crippen LogP contribution in [0.4, 0.5) is 5.13 Å². The Morgan fingerprint density at radius 1 is 1.36 bits per heavy atom. The van der Waals surface area contributed by atoms with Gasteiger partial charge in [0, 0.05) is 13.2 Å². The van der Waals surface area contributed by atoms with Gasteiger partial charge < -0.3 is 9.47 Å². The van der Waals surface area contributed by atoms with Crippen LogP contribution in [0.5, 0.6) is 5.75 Å². The SMILES string of the molecule is CC[C@@H](Oc1ccccc1)C(=O)Nc1nnc(S(=O)(=O)NC[C@@H]2CCCO2)s1. The second kappa shape index (κ2) is 9.41. The van der Waals surface area contributed by atoms with Crippen LogP contribution < -0.4 is 14.8 Å². The van der Waals surface area contributed by atoms with Gasteiger partial charge in [-0.3, -0.25) is 10.1 Å². The first kappa shape index (κ1) is 20.6. The Morgan fingerprint density at radius 2 is 2.14 bits per heavy atom. The number of hydrogen-bond donors (Lipinski definition) is 2. The molecule has 28 heavy (non-hydrogen) atoms. The number of nitrogens with one attached hydrogen (secondary N) is 2. The lowest BCUT2D eigenvalue weighted by atomic mass is 10.2. The average Bonchev–Trinajstić information content (AvgIpc) is 3.37. The van der Waals surface area contributed by atoms with Gasteiger partial charge in [-0.15, -0.1) is 10.2 Å². The van der Waals surface area contributed by atoms with Crippen molar-refractivity contribution < 1.29 is 22.7 Å². The summed E-state index contributed by atoms with van der Waals surface area (Å²) in [6.07, 6.45) is 1.32. The highest BCUT2D eigenvalue weighted by atomic mass is 32.2. The lowest BCUT2D eigenvalue weighted by Crippen LogP contribution is -2.32. The maximum absolute atomic E-state index is 12.4. The summed E-state index contributed by atoms with van der Waals surface area (Å²) in [5.41, 5.74) is 0. The second-order valence-corrected chi connectivity index (χ2v) is 9.10. The molecule has 2 aromatic rings. The van der Waals surface area contributed by atoms with E-state index >= 15 is 0 Å². The van der Waals surface area contributed by atoms with E-state index in [9.17, 15) is 13.2 Å². The zero-order valence-electron chi connectivity index (χ0n) is 15.3. The van der Waals surface area contributed by atoms with Crippen molar-refractivity contribution in [2.75, 3.05) is 18.5 Å². The second-order valence-electron chi connectivity index (χ2n) is 6.18. The zero-order valence-corrected chi connectivity index (χ0v) is 17.0. The van der Waals surface area contributed by atoms with Crippen LogP contribution >= 0.6 is 11.3 Å². The first-order chi connectivity index (χ1) is 13.5. The first-order valence-electron chi connectivity index (χ1n) is 8.95. The molecule has 2 atom stereocenters. The van der Waals surface area contributed by atoms with Gasteiger partial charge in [0.1, 0.15) is 5.75 Å². The van der Waals surface area contributed by atoms with Gasteiger partial charge in [-0.1, -0.05) is 36.5 Å². The highest BCUT2D eigenvalue weighted by molar-refractivity contribution is 7.91. The van der Waals surface area contributed by atoms with Crippen LogP contribution in [-0.2, 0) is 19.6 Å². The van der Waals surface area contributed by atoms with E-state index in [2.05, 4.69) is 20.2 Å². The van der Waals surface area contributed by atoms with Gasteiger partial charge >= 0.3 is 0 Å². The molecule has 0 saturated carbocycles. The van der Waals surface area contributed by atoms with E-state index in [1.165, 1.54) is 0 Å². The van der Waals surface area contributed by atoms with Crippen LogP contribution in [0, 0.1) is 0 Å². The van der Waals surface area contributed by atoms with E-state index in [4.69, 9.17) is 9.47 Å². The number of sulfonamides is 1. The summed E-state index contributed by atoms with van der Waals surface area (Å²) in [4.78, 5) is 12.4. The molecular formula is C17H22N4O5S2. The molecule has 0 aliphatic carbocycles. The quantitative estimate of drug-likeness (QED) is 0.587. The molecular weight excluding hydrogens is 404 g/mol. The van der Waals surface area contributed by atoms with E-state index in [0.29, 0.717) is 18.8 Å². The van der Waals surface area contributed by atoms with Crippen molar-refractivity contribution in [2.45, 2.75) is 42.7 Å². The minimum Gasteiger partial charge on any atom is -0.481 e. The molecule has 2 heterocycles. The number of carbonyl (C=O) groups is 1. The molecule has 0 radical (unpaired) electrons. The summed E-state index contributed by atoms with van der Waals surface area (Å²) in [5, 5.41) is 10.1. The van der Waals surface area contributed by atoms with Crippen LogP contribution in [0.15, 0.2) is 34.7 Å². The molecule has 1 aliphatic heterocycles. The highest BCUT2D eigenvalue weighted by Gasteiger charge is 2.25. The van der Waals surface area contributed by atoms with Crippen LogP contribution in [0.3, 0.4) is 0 Å². The molecule has 3 rings (SSSR count). The molecule has 1 fully saturated rings. The van der Waals surface area contributed by atoms with Gasteiger partial charge in [-0.05, 0) is 31.4 Å². The minimum atomic E-state index is -3.80. The molecule has 0 spiro atoms. The number of benzene rings is 1. The van der Waals surface area contributed by atoms with Gasteiger partial charge in [0.15, 0.2) is 6.10 Å². The first-order valence-corrected chi connectivity index (χ1v) is 11.2. The molecule has 2 N–H and O–H groups in total. The number of amides is 1. The maximum atomic E-state index is 12.4. The van der Waals surface area contributed by atoms with Crippen molar-refractivity contribution in [1.29, 1.82) is 0 Å². The fourth-order valence-corrected chi connectivity index (χ4v) is 4.62. The van der Waals surface area contributed by atoms with Crippen molar-refractivity contribution in [1.82, 2.24) is 14.9 Å². The fourth-order valence-electron chi connectivity index (χ4n) is 2.61. The van der Waals surface area contributed by atoms with Crippen molar-refractivity contribution in [3.8, 4) is 5.75 Å². The van der Waals surface area contributed by atoms with Gasteiger partial charge in [-0.25, -0.2) is 13.1 Å². The van der Waals surface area contributed by atoms with Gasteiger partial charge in [0.2, 0.25) is 9.47 Å². The zero-order chi connectivity index (χ0) is 20.0. The Morgan fingerprint density at radius 3 is 2.82 bits per heavy atom. The molecule has 0 bridgehead atoms. The third-order valence-electron chi connectivity index (χ3n) is 4.08. The maximum Gasteiger partial charge on any atom is 0.269 e. The van der Waals surface area contributed by atoms with Crippen molar-refractivity contribution in [3.05, 3.63) is 30.3 Å². The number of nitrogens with zero attached hydrogens (tertiary/aromatic N) is 2. The summed E-state index contributed by atoms with van der Waals surface area (Å²) in [6.45, 7) is 2.65. The van der Waals surface area contributed by atoms with Crippen LogP contribution in [0.1, 0.15) is 26.2 Å². The molecule has 1 aromatic carbocycles. The van der Waals surface area contributed by atoms with Crippen LogP contribution in [-0.4, -0.2) is 49.9 Å². The third-order valence-corrected chi connectivity index (χ3v) is 6.71. The third kappa shape index (κ3) is 5.47. The number of carbonyl (C=O) groups excluding carboxylic acids is 1. The summed E-state index contributed by atoms with van der Waals surface area (Å²) in [7, 11) is -3.80. The predicted molar refractivity (Wildman–Crippen MR) is 104 cm³/mol. The molecule has 1 aliphatic rings. The molecule has 1 aromatic heterocycles. The van der Waals surface area contributed by atoms with E-state index in [1.54, 1.807) is 12.1 Å². The van der Waals surface area contributed by atoms with Gasteiger partial charge in [0.05, 0.1) is 6.10 Å². The van der Waals surface area contributed by atoms with E-state index < -0.39 is 22.0 Å². The molecule has 1 saturated heterocycles. The Hall–Kier alpha value is -2.08. The number of aromatic nitrogens is 2. The Labute approximate surface area is 167 Å². The van der Waals surface area contributed by atoms with Gasteiger partial charge in [-0.2, -0.15) is 0 Å². The van der Waals surface area contributed by atoms with E-state index in [1.807, 2.05) is 25.1 Å². The summed E-state index contributed by atoms with van der Waals surface area (Å²) >= 11 is 0.784. The number of para-hydroxylation sites is 1. The molecule has 152 valence electrons. The van der Waals surface area contributed by atoms with Crippen molar-refractivity contribution in [3.63, 3.8) is 0 Å². The minimum absolute atomic E-state index is 0.0950. The Balaban J connectivity index is 1.58. The summed E-state index contributed by atoms with van der Waals surface area (Å²) in [5.74, 6) is 0.155. The van der Waals surface area contributed by atoms with E-state index in [0.717, 1.165) is 24.2 Å². The molecule has 0 unspecified atom stereocenters. The summed E-state index contributed by atoms with van der Waals surface area (Å²) in [6, 6.07) is 8.98.